The van der Waals surface area contributed by atoms with Gasteiger partial charge in [-0.05, 0) is 42.5 Å². The van der Waals surface area contributed by atoms with Gasteiger partial charge in [-0.3, -0.25) is 9.78 Å². The Morgan fingerprint density at radius 3 is 2.50 bits per heavy atom. The number of rotatable bonds is 7. The van der Waals surface area contributed by atoms with Gasteiger partial charge in [-0.15, -0.1) is 12.4 Å². The van der Waals surface area contributed by atoms with Gasteiger partial charge in [-0.25, -0.2) is 13.1 Å². The number of carbonyl (C=O) groups is 1. The number of pyridine rings is 1. The van der Waals surface area contributed by atoms with Gasteiger partial charge in [0, 0.05) is 23.8 Å². The number of hydrogen-bond donors (Lipinski definition) is 2. The third-order valence-corrected chi connectivity index (χ3v) is 6.00. The quantitative estimate of drug-likeness (QED) is 0.614. The first kappa shape index (κ1) is 21.8. The van der Waals surface area contributed by atoms with Gasteiger partial charge in [0.15, 0.2) is 0 Å². The van der Waals surface area contributed by atoms with E-state index in [4.69, 9.17) is 5.73 Å². The van der Waals surface area contributed by atoms with Crippen molar-refractivity contribution in [1.29, 1.82) is 0 Å². The molecule has 8 heteroatoms. The van der Waals surface area contributed by atoms with Crippen LogP contribution in [-0.2, 0) is 14.8 Å². The summed E-state index contributed by atoms with van der Waals surface area (Å²) in [4.78, 5) is 16.0. The summed E-state index contributed by atoms with van der Waals surface area (Å²) in [5.74, 6) is -1.04. The van der Waals surface area contributed by atoms with Crippen LogP contribution in [0.3, 0.4) is 0 Å². The largest absolute Gasteiger partial charge is 0.369 e. The second kappa shape index (κ2) is 9.14. The van der Waals surface area contributed by atoms with Gasteiger partial charge in [0.05, 0.1) is 10.8 Å². The summed E-state index contributed by atoms with van der Waals surface area (Å²) in [7, 11) is -3.73. The van der Waals surface area contributed by atoms with Crippen LogP contribution in [0.4, 0.5) is 0 Å². The number of primary amides is 1. The Balaban J connectivity index is 0.00000280. The smallest absolute Gasteiger partial charge is 0.240 e. The third-order valence-electron chi connectivity index (χ3n) is 4.41. The van der Waals surface area contributed by atoms with Crippen LogP contribution in [0.1, 0.15) is 24.8 Å². The SMILES string of the molecule is C[C@H](CC(C(N)=O)c1ccccc1)NS(=O)(=O)c1ccc2cnccc2c1.Cl. The number of nitrogens with zero attached hydrogens (tertiary/aromatic N) is 1. The summed E-state index contributed by atoms with van der Waals surface area (Å²) < 4.78 is 28.1. The maximum atomic E-state index is 12.7. The van der Waals surface area contributed by atoms with E-state index in [1.54, 1.807) is 43.6 Å². The predicted molar refractivity (Wildman–Crippen MR) is 112 cm³/mol. The second-order valence-electron chi connectivity index (χ2n) is 6.51. The molecule has 0 radical (unpaired) electrons. The van der Waals surface area contributed by atoms with Gasteiger partial charge in [0.2, 0.25) is 15.9 Å². The molecule has 0 aliphatic carbocycles. The molecule has 0 fully saturated rings. The van der Waals surface area contributed by atoms with Gasteiger partial charge in [-0.2, -0.15) is 0 Å². The van der Waals surface area contributed by atoms with E-state index in [0.29, 0.717) is 0 Å². The molecule has 0 bridgehead atoms. The van der Waals surface area contributed by atoms with Gasteiger partial charge >= 0.3 is 0 Å². The van der Waals surface area contributed by atoms with Crippen molar-refractivity contribution in [3.63, 3.8) is 0 Å². The summed E-state index contributed by atoms with van der Waals surface area (Å²) in [6.07, 6.45) is 3.57. The number of aromatic nitrogens is 1. The van der Waals surface area contributed by atoms with Crippen LogP contribution < -0.4 is 10.5 Å². The van der Waals surface area contributed by atoms with Crippen LogP contribution >= 0.6 is 12.4 Å². The molecule has 3 N–H and O–H groups in total. The first-order chi connectivity index (χ1) is 12.9. The summed E-state index contributed by atoms with van der Waals surface area (Å²) in [5, 5.41) is 1.65. The molecule has 0 aliphatic heterocycles. The van der Waals surface area contributed by atoms with Gasteiger partial charge in [0.1, 0.15) is 0 Å². The van der Waals surface area contributed by atoms with Crippen molar-refractivity contribution in [2.45, 2.75) is 30.2 Å². The van der Waals surface area contributed by atoms with Crippen LogP contribution in [0.2, 0.25) is 0 Å². The molecule has 6 nitrogen and oxygen atoms in total. The van der Waals surface area contributed by atoms with Gasteiger partial charge < -0.3 is 5.73 Å². The molecule has 1 heterocycles. The molecule has 1 unspecified atom stereocenters. The average molecular weight is 420 g/mol. The molecule has 0 aliphatic rings. The maximum Gasteiger partial charge on any atom is 0.240 e. The topological polar surface area (TPSA) is 102 Å². The average Bonchev–Trinajstić information content (AvgIpc) is 2.66. The van der Waals surface area contributed by atoms with E-state index in [1.165, 1.54) is 0 Å². The highest BCUT2D eigenvalue weighted by molar-refractivity contribution is 7.89. The van der Waals surface area contributed by atoms with Crippen molar-refractivity contribution in [3.8, 4) is 0 Å². The number of fused-ring (bicyclic) bond motifs is 1. The standard InChI is InChI=1S/C20H21N3O3S.ClH/c1-14(11-19(20(21)24)15-5-3-2-4-6-15)23-27(25,26)18-8-7-17-13-22-10-9-16(17)12-18;/h2-10,12-14,19,23H,11H2,1H3,(H2,21,24);1H/t14-,19?;/m1./s1. The highest BCUT2D eigenvalue weighted by Crippen LogP contribution is 2.23. The minimum absolute atomic E-state index is 0. The monoisotopic (exact) mass is 419 g/mol. The van der Waals surface area contributed by atoms with Crippen LogP contribution in [-0.4, -0.2) is 25.4 Å². The molecule has 2 atom stereocenters. The number of amides is 1. The highest BCUT2D eigenvalue weighted by atomic mass is 35.5. The van der Waals surface area contributed by atoms with Crippen LogP contribution in [0, 0.1) is 0 Å². The molecule has 0 spiro atoms. The molecule has 3 aromatic rings. The van der Waals surface area contributed by atoms with Crippen LogP contribution in [0.5, 0.6) is 0 Å². The zero-order valence-electron chi connectivity index (χ0n) is 15.3. The maximum absolute atomic E-state index is 12.7. The Kier molecular flexibility index (Phi) is 7.12. The highest BCUT2D eigenvalue weighted by Gasteiger charge is 2.24. The van der Waals surface area contributed by atoms with Crippen molar-refractivity contribution in [1.82, 2.24) is 9.71 Å². The number of benzene rings is 2. The number of nitrogens with one attached hydrogen (secondary N) is 1. The fourth-order valence-electron chi connectivity index (χ4n) is 3.06. The Hall–Kier alpha value is -2.48. The van der Waals surface area contributed by atoms with E-state index < -0.39 is 27.9 Å². The van der Waals surface area contributed by atoms with Crippen molar-refractivity contribution in [3.05, 3.63) is 72.6 Å². The van der Waals surface area contributed by atoms with Gasteiger partial charge in [-0.1, -0.05) is 36.4 Å². The summed E-state index contributed by atoms with van der Waals surface area (Å²) in [6, 6.07) is 15.3. The Morgan fingerprint density at radius 1 is 1.11 bits per heavy atom. The molecule has 2 aromatic carbocycles. The van der Waals surface area contributed by atoms with Gasteiger partial charge in [0.25, 0.3) is 0 Å². The summed E-state index contributed by atoms with van der Waals surface area (Å²) in [6.45, 7) is 1.72. The third kappa shape index (κ3) is 5.07. The lowest BCUT2D eigenvalue weighted by atomic mass is 9.92. The number of sulfonamides is 1. The van der Waals surface area contributed by atoms with E-state index >= 15 is 0 Å². The molecular formula is C20H22ClN3O3S. The van der Waals surface area contributed by atoms with E-state index in [0.717, 1.165) is 16.3 Å². The lowest BCUT2D eigenvalue weighted by Crippen LogP contribution is -2.36. The number of hydrogen-bond acceptors (Lipinski definition) is 4. The first-order valence-electron chi connectivity index (χ1n) is 8.57. The van der Waals surface area contributed by atoms with E-state index in [1.807, 2.05) is 30.3 Å². The zero-order valence-corrected chi connectivity index (χ0v) is 16.9. The number of halogens is 1. The van der Waals surface area contributed by atoms with Crippen molar-refractivity contribution in [2.75, 3.05) is 0 Å². The molecule has 0 saturated carbocycles. The lowest BCUT2D eigenvalue weighted by Gasteiger charge is -2.20. The molecular weight excluding hydrogens is 398 g/mol. The minimum atomic E-state index is -3.73. The van der Waals surface area contributed by atoms with Crippen molar-refractivity contribution in [2.24, 2.45) is 5.73 Å². The normalized spacial score (nSPS) is 13.5. The minimum Gasteiger partial charge on any atom is -0.369 e. The molecule has 1 aromatic heterocycles. The fraction of sp³-hybridized carbons (Fsp3) is 0.200. The summed E-state index contributed by atoms with van der Waals surface area (Å²) >= 11 is 0. The van der Waals surface area contributed by atoms with Crippen LogP contribution in [0.25, 0.3) is 10.8 Å². The zero-order chi connectivity index (χ0) is 19.4. The Labute approximate surface area is 170 Å². The fourth-order valence-corrected chi connectivity index (χ4v) is 4.36. The molecule has 1 amide bonds. The van der Waals surface area contributed by atoms with E-state index in [2.05, 4.69) is 9.71 Å². The van der Waals surface area contributed by atoms with Crippen LogP contribution in [0.15, 0.2) is 71.9 Å². The molecule has 28 heavy (non-hydrogen) atoms. The number of nitrogens with two attached hydrogens (primary N) is 1. The summed E-state index contributed by atoms with van der Waals surface area (Å²) in [5.41, 5.74) is 6.30. The molecule has 3 rings (SSSR count). The van der Waals surface area contributed by atoms with E-state index in [-0.39, 0.29) is 23.7 Å². The van der Waals surface area contributed by atoms with E-state index in [9.17, 15) is 13.2 Å². The predicted octanol–water partition coefficient (Wildman–Crippen LogP) is 2.98. The molecule has 148 valence electrons. The lowest BCUT2D eigenvalue weighted by molar-refractivity contribution is -0.119. The first-order valence-corrected chi connectivity index (χ1v) is 10.1. The molecule has 0 saturated heterocycles. The van der Waals surface area contributed by atoms with Crippen molar-refractivity contribution >= 4 is 39.1 Å². The second-order valence-corrected chi connectivity index (χ2v) is 8.22. The Bertz CT molecular complexity index is 1060. The number of carbonyl (C=O) groups excluding carboxylic acids is 1. The van der Waals surface area contributed by atoms with Crippen molar-refractivity contribution < 1.29 is 13.2 Å². The Morgan fingerprint density at radius 2 is 1.82 bits per heavy atom.